The Morgan fingerprint density at radius 1 is 1.32 bits per heavy atom. The molecule has 2 rings (SSSR count). The summed E-state index contributed by atoms with van der Waals surface area (Å²) in [6.07, 6.45) is 1.23. The van der Waals surface area contributed by atoms with Crippen molar-refractivity contribution in [1.29, 1.82) is 0 Å². The fourth-order valence-corrected chi connectivity index (χ4v) is 1.96. The van der Waals surface area contributed by atoms with Crippen LogP contribution in [0.15, 0.2) is 24.3 Å². The van der Waals surface area contributed by atoms with Crippen molar-refractivity contribution in [3.05, 3.63) is 35.4 Å². The van der Waals surface area contributed by atoms with Gasteiger partial charge in [0.2, 0.25) is 5.91 Å². The molecular weight excluding hydrogens is 352 g/mol. The Morgan fingerprint density at radius 3 is 2.41 bits per heavy atom. The second-order valence-corrected chi connectivity index (χ2v) is 6.24. The molecule has 3 amide bonds. The Morgan fingerprint density at radius 2 is 1.91 bits per heavy atom. The van der Waals surface area contributed by atoms with Crippen LogP contribution >= 0.6 is 15.9 Å². The van der Waals surface area contributed by atoms with Crippen LogP contribution < -0.4 is 11.1 Å². The summed E-state index contributed by atoms with van der Waals surface area (Å²) < 4.78 is 4.12. The molecule has 0 spiro atoms. The highest BCUT2D eigenvalue weighted by atomic mass is 79.9. The van der Waals surface area contributed by atoms with Crippen LogP contribution in [0.5, 0.6) is 0 Å². The number of hydrogen-bond donors (Lipinski definition) is 2. The van der Waals surface area contributed by atoms with E-state index >= 15 is 0 Å². The van der Waals surface area contributed by atoms with Gasteiger partial charge in [-0.1, -0.05) is 48.0 Å². The Kier molecular flexibility index (Phi) is 6.55. The maximum Gasteiger partial charge on any atom is 0.338 e. The van der Waals surface area contributed by atoms with E-state index in [-0.39, 0.29) is 11.9 Å². The summed E-state index contributed by atoms with van der Waals surface area (Å²) in [6, 6.07) is 6.61. The summed E-state index contributed by atoms with van der Waals surface area (Å²) in [5, 5.41) is 2.04. The number of benzene rings is 1. The summed E-state index contributed by atoms with van der Waals surface area (Å²) in [5.74, 6) is -0.574. The monoisotopic (exact) mass is 370 g/mol. The molecule has 6 nitrogen and oxygen atoms in total. The topological polar surface area (TPSA) is 98.5 Å². The van der Waals surface area contributed by atoms with E-state index < -0.39 is 10.4 Å². The lowest BCUT2D eigenvalue weighted by Crippen LogP contribution is -2.46. The van der Waals surface area contributed by atoms with Gasteiger partial charge in [0.25, 0.3) is 0 Å². The number of nitrogens with one attached hydrogen (secondary N) is 1. The van der Waals surface area contributed by atoms with Gasteiger partial charge in [-0.15, -0.1) is 0 Å². The first-order chi connectivity index (χ1) is 10.3. The average Bonchev–Trinajstić information content (AvgIpc) is 2.88. The van der Waals surface area contributed by atoms with E-state index in [1.165, 1.54) is 0 Å². The van der Waals surface area contributed by atoms with Crippen molar-refractivity contribution in [1.82, 2.24) is 5.32 Å². The SMILES string of the molecule is CCC(Br)(CC)C(=O)NC(N)=O.O=C1OCc2ccccc21. The maximum absolute atomic E-state index is 11.3. The summed E-state index contributed by atoms with van der Waals surface area (Å²) in [5.41, 5.74) is 6.51. The first-order valence-electron chi connectivity index (χ1n) is 6.89. The number of carbonyl (C=O) groups is 3. The Hall–Kier alpha value is -1.89. The fourth-order valence-electron chi connectivity index (χ4n) is 1.86. The van der Waals surface area contributed by atoms with Gasteiger partial charge in [0.05, 0.1) is 5.56 Å². The van der Waals surface area contributed by atoms with Crippen molar-refractivity contribution in [2.75, 3.05) is 0 Å². The van der Waals surface area contributed by atoms with Crippen LogP contribution in [0.4, 0.5) is 4.79 Å². The van der Waals surface area contributed by atoms with Crippen LogP contribution in [0, 0.1) is 0 Å². The van der Waals surface area contributed by atoms with Gasteiger partial charge in [0, 0.05) is 5.56 Å². The first-order valence-corrected chi connectivity index (χ1v) is 7.68. The second kappa shape index (κ2) is 7.93. The standard InChI is InChI=1S/C8H6O2.C7H13BrN2O2/c9-8-7-4-2-1-3-6(7)5-10-8;1-3-7(8,4-2)5(11)10-6(9)12/h1-4H,5H2;3-4H2,1-2H3,(H3,9,10,11,12). The Labute approximate surface area is 137 Å². The quantitative estimate of drug-likeness (QED) is 0.630. The maximum atomic E-state index is 11.3. The number of rotatable bonds is 3. The first kappa shape index (κ1) is 18.2. The molecule has 1 aromatic carbocycles. The smallest absolute Gasteiger partial charge is 0.338 e. The van der Waals surface area contributed by atoms with E-state index in [1.807, 2.05) is 37.4 Å². The van der Waals surface area contributed by atoms with Crippen molar-refractivity contribution >= 4 is 33.8 Å². The molecule has 22 heavy (non-hydrogen) atoms. The van der Waals surface area contributed by atoms with E-state index in [2.05, 4.69) is 15.9 Å². The number of fused-ring (bicyclic) bond motifs is 1. The molecule has 0 radical (unpaired) electrons. The highest BCUT2D eigenvalue weighted by Gasteiger charge is 2.32. The predicted octanol–water partition coefficient (Wildman–Crippen LogP) is 2.49. The molecule has 0 fully saturated rings. The van der Waals surface area contributed by atoms with Crippen LogP contribution in [-0.4, -0.2) is 22.2 Å². The van der Waals surface area contributed by atoms with Gasteiger partial charge in [-0.3, -0.25) is 10.1 Å². The van der Waals surface area contributed by atoms with Crippen LogP contribution in [0.1, 0.15) is 42.6 Å². The Balaban J connectivity index is 0.000000222. The molecule has 1 aliphatic rings. The molecule has 0 aromatic heterocycles. The van der Waals surface area contributed by atoms with E-state index in [1.54, 1.807) is 6.07 Å². The van der Waals surface area contributed by atoms with Crippen LogP contribution in [-0.2, 0) is 16.1 Å². The van der Waals surface area contributed by atoms with Gasteiger partial charge >= 0.3 is 12.0 Å². The van der Waals surface area contributed by atoms with Crippen LogP contribution in [0.2, 0.25) is 0 Å². The molecule has 7 heteroatoms. The number of alkyl halides is 1. The van der Waals surface area contributed by atoms with E-state index in [4.69, 9.17) is 10.5 Å². The van der Waals surface area contributed by atoms with E-state index in [0.717, 1.165) is 5.56 Å². The lowest BCUT2D eigenvalue weighted by atomic mass is 10.0. The Bertz CT molecular complexity index is 570. The minimum absolute atomic E-state index is 0.199. The number of nitrogens with two attached hydrogens (primary N) is 1. The van der Waals surface area contributed by atoms with Gasteiger partial charge in [-0.05, 0) is 18.9 Å². The number of hydrogen-bond acceptors (Lipinski definition) is 4. The van der Waals surface area contributed by atoms with Crippen molar-refractivity contribution in [2.45, 2.75) is 37.6 Å². The van der Waals surface area contributed by atoms with Gasteiger partial charge in [0.1, 0.15) is 10.9 Å². The molecule has 1 aromatic rings. The van der Waals surface area contributed by atoms with Crippen molar-refractivity contribution < 1.29 is 19.1 Å². The fraction of sp³-hybridized carbons (Fsp3) is 0.400. The summed E-state index contributed by atoms with van der Waals surface area (Å²) >= 11 is 3.26. The third-order valence-electron chi connectivity index (χ3n) is 3.36. The number of urea groups is 1. The van der Waals surface area contributed by atoms with Crippen molar-refractivity contribution in [3.63, 3.8) is 0 Å². The summed E-state index contributed by atoms with van der Waals surface area (Å²) in [6.45, 7) is 4.16. The average molecular weight is 371 g/mol. The van der Waals surface area contributed by atoms with Gasteiger partial charge in [-0.25, -0.2) is 9.59 Å². The number of carbonyl (C=O) groups excluding carboxylic acids is 3. The number of esters is 1. The minimum atomic E-state index is -0.814. The van der Waals surface area contributed by atoms with Gasteiger partial charge < -0.3 is 10.5 Å². The van der Waals surface area contributed by atoms with E-state index in [9.17, 15) is 14.4 Å². The molecule has 0 unspecified atom stereocenters. The number of amides is 3. The number of ether oxygens (including phenoxy) is 1. The zero-order valence-electron chi connectivity index (χ0n) is 12.5. The second-order valence-electron chi connectivity index (χ2n) is 4.72. The normalized spacial score (nSPS) is 12.6. The molecule has 0 saturated heterocycles. The molecule has 120 valence electrons. The molecular formula is C15H19BrN2O4. The molecule has 1 heterocycles. The molecule has 0 bridgehead atoms. The summed E-state index contributed by atoms with van der Waals surface area (Å²) in [7, 11) is 0. The van der Waals surface area contributed by atoms with Crippen LogP contribution in [0.3, 0.4) is 0 Å². The molecule has 0 atom stereocenters. The van der Waals surface area contributed by atoms with Crippen molar-refractivity contribution in [2.24, 2.45) is 5.73 Å². The molecule has 3 N–H and O–H groups in total. The highest BCUT2D eigenvalue weighted by Crippen LogP contribution is 2.26. The third-order valence-corrected chi connectivity index (χ3v) is 4.84. The molecule has 0 saturated carbocycles. The zero-order chi connectivity index (χ0) is 16.8. The van der Waals surface area contributed by atoms with Gasteiger partial charge in [0.15, 0.2) is 0 Å². The number of halogens is 1. The van der Waals surface area contributed by atoms with E-state index in [0.29, 0.717) is 25.0 Å². The van der Waals surface area contributed by atoms with Crippen molar-refractivity contribution in [3.8, 4) is 0 Å². The van der Waals surface area contributed by atoms with Crippen LogP contribution in [0.25, 0.3) is 0 Å². The lowest BCUT2D eigenvalue weighted by Gasteiger charge is -2.21. The molecule has 0 aliphatic carbocycles. The third kappa shape index (κ3) is 4.56. The van der Waals surface area contributed by atoms with Gasteiger partial charge in [-0.2, -0.15) is 0 Å². The number of imide groups is 1. The number of primary amides is 1. The molecule has 1 aliphatic heterocycles. The minimum Gasteiger partial charge on any atom is -0.457 e. The number of cyclic esters (lactones) is 1. The summed E-state index contributed by atoms with van der Waals surface area (Å²) in [4.78, 5) is 32.5. The zero-order valence-corrected chi connectivity index (χ0v) is 14.1. The predicted molar refractivity (Wildman–Crippen MR) is 85.5 cm³/mol. The lowest BCUT2D eigenvalue weighted by molar-refractivity contribution is -0.122. The highest BCUT2D eigenvalue weighted by molar-refractivity contribution is 9.10. The largest absolute Gasteiger partial charge is 0.457 e.